The van der Waals surface area contributed by atoms with E-state index >= 15 is 0 Å². The molecule has 55 heavy (non-hydrogen) atoms. The molecule has 6 N–H and O–H groups in total. The van der Waals surface area contributed by atoms with E-state index in [9.17, 15) is 24.3 Å². The SMILES string of the molecule is CC(C)N.CC(C)NC(=O)c1ccc2c(n1)N(C(=O)Nc1ccccn1)[C@H]1CCN2C1.O=C(O)c1ccc2c(n1)N(C(=O)Nc1ccccn1)[C@H]1CCN2C1. The number of hydrogen-bond acceptors (Lipinski definition) is 11. The fraction of sp³-hybridized carbons (Fsp3) is 0.368. The van der Waals surface area contributed by atoms with Crippen molar-refractivity contribution in [3.05, 3.63) is 84.4 Å². The van der Waals surface area contributed by atoms with Crippen LogP contribution in [0.5, 0.6) is 0 Å². The topological polar surface area (TPSA) is 215 Å². The Bertz CT molecular complexity index is 2010. The van der Waals surface area contributed by atoms with Gasteiger partial charge in [-0.05, 0) is 81.3 Å². The highest BCUT2D eigenvalue weighted by Gasteiger charge is 2.42. The van der Waals surface area contributed by atoms with Gasteiger partial charge in [-0.25, -0.2) is 34.3 Å². The monoisotopic (exact) mass is 750 g/mol. The van der Waals surface area contributed by atoms with Crippen molar-refractivity contribution >= 4 is 58.6 Å². The van der Waals surface area contributed by atoms with Crippen molar-refractivity contribution in [1.29, 1.82) is 0 Å². The predicted molar refractivity (Wildman–Crippen MR) is 210 cm³/mol. The summed E-state index contributed by atoms with van der Waals surface area (Å²) in [5, 5.41) is 17.6. The molecule has 2 saturated heterocycles. The highest BCUT2D eigenvalue weighted by Crippen LogP contribution is 2.40. The van der Waals surface area contributed by atoms with Crippen LogP contribution in [0.1, 0.15) is 61.5 Å². The normalized spacial score (nSPS) is 17.3. The molecule has 0 unspecified atom stereocenters. The van der Waals surface area contributed by atoms with Gasteiger partial charge in [0.25, 0.3) is 5.91 Å². The summed E-state index contributed by atoms with van der Waals surface area (Å²) in [4.78, 5) is 73.9. The fourth-order valence-corrected chi connectivity index (χ4v) is 6.74. The zero-order chi connectivity index (χ0) is 39.2. The lowest BCUT2D eigenvalue weighted by molar-refractivity contribution is 0.0690. The Morgan fingerprint density at radius 2 is 1.16 bits per heavy atom. The van der Waals surface area contributed by atoms with Gasteiger partial charge in [-0.2, -0.15) is 0 Å². The average molecular weight is 751 g/mol. The van der Waals surface area contributed by atoms with Crippen LogP contribution in [0.25, 0.3) is 0 Å². The van der Waals surface area contributed by atoms with Crippen molar-refractivity contribution in [2.45, 2.75) is 64.7 Å². The second-order valence-corrected chi connectivity index (χ2v) is 14.1. The molecule has 17 nitrogen and oxygen atoms in total. The van der Waals surface area contributed by atoms with Crippen molar-refractivity contribution in [2.24, 2.45) is 5.73 Å². The maximum absolute atomic E-state index is 13.0. The molecule has 0 aromatic carbocycles. The van der Waals surface area contributed by atoms with E-state index in [0.717, 1.165) is 50.4 Å². The average Bonchev–Trinajstić information content (AvgIpc) is 3.77. The number of aromatic nitrogens is 4. The van der Waals surface area contributed by atoms with E-state index < -0.39 is 5.97 Å². The minimum Gasteiger partial charge on any atom is -0.477 e. The second kappa shape index (κ2) is 16.8. The standard InChI is InChI=1S/C19H22N6O2.C16H15N5O3.C3H9N/c1-12(2)21-18(26)14-6-7-15-17(22-14)25(13-8-10-24(15)11-13)19(27)23-16-5-3-4-9-20-16;22-15(23)11-4-5-12-14(18-11)21(10-6-8-20(12)9-10)16(24)19-13-3-1-2-7-17-13;1-3(2)4/h3-7,9,12-13H,8,10-11H2,1-2H3,(H,21,26)(H,20,23,27);1-5,7,10H,6,8-9H2,(H,22,23)(H,17,19,24);3H,4H2,1-2H3/t13-;10-;/m00./s1. The van der Waals surface area contributed by atoms with Crippen molar-refractivity contribution < 1.29 is 24.3 Å². The Labute approximate surface area is 319 Å². The molecular weight excluding hydrogens is 704 g/mol. The number of urea groups is 2. The maximum atomic E-state index is 13.0. The molecule has 0 radical (unpaired) electrons. The van der Waals surface area contributed by atoms with Gasteiger partial charge in [0.1, 0.15) is 17.3 Å². The number of carbonyl (C=O) groups excluding carboxylic acids is 3. The second-order valence-electron chi connectivity index (χ2n) is 14.1. The van der Waals surface area contributed by atoms with Crippen LogP contribution in [0.4, 0.5) is 44.2 Å². The molecule has 8 heterocycles. The first-order valence-electron chi connectivity index (χ1n) is 18.2. The number of fused-ring (bicyclic) bond motifs is 8. The van der Waals surface area contributed by atoms with E-state index in [1.807, 2.05) is 39.8 Å². The van der Waals surface area contributed by atoms with Crippen LogP contribution < -0.4 is 41.3 Å². The Hall–Kier alpha value is -6.36. The van der Waals surface area contributed by atoms with Gasteiger partial charge in [0, 0.05) is 44.6 Å². The molecule has 0 aliphatic carbocycles. The number of amides is 5. The number of carboxylic acids is 1. The van der Waals surface area contributed by atoms with E-state index in [2.05, 4.69) is 45.7 Å². The van der Waals surface area contributed by atoms with Crippen molar-refractivity contribution in [3.63, 3.8) is 0 Å². The number of hydrogen-bond donors (Lipinski definition) is 5. The molecule has 8 rings (SSSR count). The minimum absolute atomic E-state index is 0.0128. The fourth-order valence-electron chi connectivity index (χ4n) is 6.74. The molecule has 4 aliphatic rings. The lowest BCUT2D eigenvalue weighted by Gasteiger charge is -2.35. The number of anilines is 6. The Kier molecular flexibility index (Phi) is 11.7. The first-order valence-corrected chi connectivity index (χ1v) is 18.2. The maximum Gasteiger partial charge on any atom is 0.354 e. The quantitative estimate of drug-likeness (QED) is 0.192. The number of rotatable bonds is 5. The Morgan fingerprint density at radius 1 is 0.709 bits per heavy atom. The Balaban J connectivity index is 0.000000172. The van der Waals surface area contributed by atoms with Crippen LogP contribution in [-0.2, 0) is 0 Å². The van der Waals surface area contributed by atoms with Crippen LogP contribution in [0.3, 0.4) is 0 Å². The number of aromatic carboxylic acids is 1. The Morgan fingerprint density at radius 3 is 1.58 bits per heavy atom. The van der Waals surface area contributed by atoms with E-state index in [4.69, 9.17) is 5.73 Å². The van der Waals surface area contributed by atoms with Crippen LogP contribution >= 0.6 is 0 Å². The van der Waals surface area contributed by atoms with Crippen molar-refractivity contribution in [2.75, 3.05) is 56.4 Å². The first kappa shape index (κ1) is 38.4. The molecule has 4 aliphatic heterocycles. The van der Waals surface area contributed by atoms with Gasteiger partial charge in [0.15, 0.2) is 17.3 Å². The smallest absolute Gasteiger partial charge is 0.354 e. The highest BCUT2D eigenvalue weighted by molar-refractivity contribution is 6.06. The summed E-state index contributed by atoms with van der Waals surface area (Å²) in [7, 11) is 0. The number of pyridine rings is 4. The summed E-state index contributed by atoms with van der Waals surface area (Å²) in [6.45, 7) is 10.9. The van der Waals surface area contributed by atoms with E-state index in [-0.39, 0.29) is 41.8 Å². The first-order chi connectivity index (χ1) is 26.4. The van der Waals surface area contributed by atoms with Gasteiger partial charge in [-0.15, -0.1) is 0 Å². The molecule has 0 saturated carbocycles. The van der Waals surface area contributed by atoms with Gasteiger partial charge in [-0.1, -0.05) is 26.0 Å². The molecule has 288 valence electrons. The van der Waals surface area contributed by atoms with Crippen LogP contribution in [0.15, 0.2) is 73.1 Å². The van der Waals surface area contributed by atoms with Crippen molar-refractivity contribution in [1.82, 2.24) is 25.3 Å². The lowest BCUT2D eigenvalue weighted by Crippen LogP contribution is -2.48. The van der Waals surface area contributed by atoms with E-state index in [1.165, 1.54) is 6.07 Å². The molecule has 4 aromatic rings. The van der Waals surface area contributed by atoms with E-state index in [0.29, 0.717) is 35.0 Å². The van der Waals surface area contributed by atoms with Gasteiger partial charge < -0.3 is 26.0 Å². The van der Waals surface area contributed by atoms with Crippen LogP contribution in [0, 0.1) is 0 Å². The number of nitrogens with two attached hydrogens (primary N) is 1. The molecule has 0 spiro atoms. The third-order valence-corrected chi connectivity index (χ3v) is 9.01. The number of nitrogens with zero attached hydrogens (tertiary/aromatic N) is 8. The van der Waals surface area contributed by atoms with Gasteiger partial charge in [0.2, 0.25) is 0 Å². The number of carboxylic acid groups (broad SMARTS) is 1. The molecule has 4 bridgehead atoms. The molecular formula is C38H46N12O5. The molecule has 2 atom stereocenters. The summed E-state index contributed by atoms with van der Waals surface area (Å²) in [6, 6.07) is 17.1. The number of carbonyl (C=O) groups is 4. The summed E-state index contributed by atoms with van der Waals surface area (Å²) in [6.07, 6.45) is 4.90. The minimum atomic E-state index is -1.11. The summed E-state index contributed by atoms with van der Waals surface area (Å²) in [5.41, 5.74) is 7.00. The van der Waals surface area contributed by atoms with E-state index in [1.54, 1.807) is 64.7 Å². The van der Waals surface area contributed by atoms with Gasteiger partial charge >= 0.3 is 18.0 Å². The zero-order valence-corrected chi connectivity index (χ0v) is 31.2. The summed E-state index contributed by atoms with van der Waals surface area (Å²) >= 11 is 0. The lowest BCUT2D eigenvalue weighted by atomic mass is 10.1. The zero-order valence-electron chi connectivity index (χ0n) is 31.2. The summed E-state index contributed by atoms with van der Waals surface area (Å²) in [5.74, 6) is 0.476. The third kappa shape index (κ3) is 8.89. The largest absolute Gasteiger partial charge is 0.477 e. The number of nitrogens with one attached hydrogen (secondary N) is 3. The molecule has 4 aromatic heterocycles. The third-order valence-electron chi connectivity index (χ3n) is 9.01. The highest BCUT2D eigenvalue weighted by atomic mass is 16.4. The van der Waals surface area contributed by atoms with Crippen LogP contribution in [-0.4, -0.2) is 99.3 Å². The predicted octanol–water partition coefficient (Wildman–Crippen LogP) is 4.40. The van der Waals surface area contributed by atoms with Crippen LogP contribution in [0.2, 0.25) is 0 Å². The summed E-state index contributed by atoms with van der Waals surface area (Å²) < 4.78 is 0. The molecule has 5 amide bonds. The van der Waals surface area contributed by atoms with Gasteiger partial charge in [-0.3, -0.25) is 25.2 Å². The van der Waals surface area contributed by atoms with Crippen molar-refractivity contribution in [3.8, 4) is 0 Å². The van der Waals surface area contributed by atoms with Gasteiger partial charge in [0.05, 0.1) is 23.5 Å². The molecule has 2 fully saturated rings. The molecule has 17 heteroatoms.